The summed E-state index contributed by atoms with van der Waals surface area (Å²) in [6.07, 6.45) is 2.04. The number of fused-ring (bicyclic) bond motifs is 1. The van der Waals surface area contributed by atoms with E-state index in [4.69, 9.17) is 4.74 Å². The third-order valence-corrected chi connectivity index (χ3v) is 4.21. The molecule has 0 atom stereocenters. The molecule has 1 aromatic carbocycles. The monoisotopic (exact) mass is 326 g/mol. The van der Waals surface area contributed by atoms with Crippen molar-refractivity contribution in [2.45, 2.75) is 39.8 Å². The summed E-state index contributed by atoms with van der Waals surface area (Å²) in [4.78, 5) is 0. The van der Waals surface area contributed by atoms with Crippen molar-refractivity contribution in [2.24, 2.45) is 0 Å². The standard InChI is InChI=1S/C15H18N8O/c1-10-16-18-20-22(10)8-12-6-13-4-3-5-24-15(13)14(7-12)9-23-11(2)17-19-21-23/h6-7H,3-5,8-9H2,1-2H3. The van der Waals surface area contributed by atoms with E-state index in [1.165, 1.54) is 5.56 Å². The summed E-state index contributed by atoms with van der Waals surface area (Å²) in [5.74, 6) is 2.54. The fourth-order valence-corrected chi connectivity index (χ4v) is 2.97. The molecule has 0 saturated heterocycles. The van der Waals surface area contributed by atoms with Crippen LogP contribution in [0.1, 0.15) is 34.8 Å². The van der Waals surface area contributed by atoms with Crippen molar-refractivity contribution in [1.82, 2.24) is 40.4 Å². The van der Waals surface area contributed by atoms with Crippen molar-refractivity contribution in [2.75, 3.05) is 6.61 Å². The fourth-order valence-electron chi connectivity index (χ4n) is 2.97. The number of benzene rings is 1. The third-order valence-electron chi connectivity index (χ3n) is 4.21. The van der Waals surface area contributed by atoms with Gasteiger partial charge in [0.05, 0.1) is 19.7 Å². The van der Waals surface area contributed by atoms with Gasteiger partial charge in [0.2, 0.25) is 0 Å². The summed E-state index contributed by atoms with van der Waals surface area (Å²) >= 11 is 0. The molecular formula is C15H18N8O. The molecule has 0 fully saturated rings. The first kappa shape index (κ1) is 14.7. The zero-order valence-electron chi connectivity index (χ0n) is 13.7. The van der Waals surface area contributed by atoms with Gasteiger partial charge in [-0.2, -0.15) is 0 Å². The molecule has 2 aromatic heterocycles. The first-order chi connectivity index (χ1) is 11.7. The predicted molar refractivity (Wildman–Crippen MR) is 83.6 cm³/mol. The average Bonchev–Trinajstić information content (AvgIpc) is 3.17. The predicted octanol–water partition coefficient (Wildman–Crippen LogP) is 0.698. The van der Waals surface area contributed by atoms with Gasteiger partial charge >= 0.3 is 0 Å². The largest absolute Gasteiger partial charge is 0.493 e. The van der Waals surface area contributed by atoms with Gasteiger partial charge in [-0.1, -0.05) is 6.07 Å². The Hall–Kier alpha value is -2.84. The molecule has 0 bridgehead atoms. The van der Waals surface area contributed by atoms with Crippen LogP contribution in [-0.4, -0.2) is 47.0 Å². The Kier molecular flexibility index (Phi) is 3.68. The number of hydrogen-bond acceptors (Lipinski definition) is 7. The van der Waals surface area contributed by atoms with Gasteiger partial charge in [0.25, 0.3) is 0 Å². The Morgan fingerprint density at radius 1 is 1.00 bits per heavy atom. The summed E-state index contributed by atoms with van der Waals surface area (Å²) < 4.78 is 9.49. The molecule has 9 nitrogen and oxygen atoms in total. The Labute approximate surface area is 138 Å². The molecule has 4 rings (SSSR count). The molecular weight excluding hydrogens is 308 g/mol. The molecule has 3 heterocycles. The molecule has 1 aliphatic heterocycles. The highest BCUT2D eigenvalue weighted by Crippen LogP contribution is 2.31. The van der Waals surface area contributed by atoms with Gasteiger partial charge in [-0.05, 0) is 64.7 Å². The van der Waals surface area contributed by atoms with Gasteiger partial charge in [-0.25, -0.2) is 9.36 Å². The molecule has 3 aromatic rings. The van der Waals surface area contributed by atoms with Gasteiger partial charge in [-0.3, -0.25) is 0 Å². The summed E-state index contributed by atoms with van der Waals surface area (Å²) in [5, 5.41) is 23.4. The zero-order chi connectivity index (χ0) is 16.5. The maximum atomic E-state index is 5.93. The van der Waals surface area contributed by atoms with Gasteiger partial charge in [0.1, 0.15) is 17.4 Å². The van der Waals surface area contributed by atoms with E-state index in [2.05, 4.69) is 43.2 Å². The SMILES string of the molecule is Cc1nnnn1Cc1cc2c(c(Cn3nnnc3C)c1)OCCC2. The van der Waals surface area contributed by atoms with Gasteiger partial charge in [0, 0.05) is 5.56 Å². The Bertz CT molecular complexity index is 868. The van der Waals surface area contributed by atoms with Crippen molar-refractivity contribution >= 4 is 0 Å². The lowest BCUT2D eigenvalue weighted by Gasteiger charge is -2.22. The number of tetrazole rings is 2. The molecule has 24 heavy (non-hydrogen) atoms. The maximum Gasteiger partial charge on any atom is 0.148 e. The second-order valence-corrected chi connectivity index (χ2v) is 5.96. The van der Waals surface area contributed by atoms with E-state index in [0.717, 1.165) is 48.0 Å². The minimum Gasteiger partial charge on any atom is -0.493 e. The molecule has 0 spiro atoms. The van der Waals surface area contributed by atoms with Crippen LogP contribution in [0.4, 0.5) is 0 Å². The molecule has 0 amide bonds. The first-order valence-corrected chi connectivity index (χ1v) is 7.94. The van der Waals surface area contributed by atoms with E-state index in [1.807, 2.05) is 13.8 Å². The lowest BCUT2D eigenvalue weighted by atomic mass is 9.98. The topological polar surface area (TPSA) is 96.4 Å². The van der Waals surface area contributed by atoms with Crippen LogP contribution < -0.4 is 4.74 Å². The van der Waals surface area contributed by atoms with E-state index in [-0.39, 0.29) is 0 Å². The molecule has 9 heteroatoms. The fraction of sp³-hybridized carbons (Fsp3) is 0.467. The highest BCUT2D eigenvalue weighted by atomic mass is 16.5. The van der Waals surface area contributed by atoms with Crippen molar-refractivity contribution in [1.29, 1.82) is 0 Å². The van der Waals surface area contributed by atoms with Crippen LogP contribution in [0.25, 0.3) is 0 Å². The van der Waals surface area contributed by atoms with Gasteiger partial charge < -0.3 is 4.74 Å². The van der Waals surface area contributed by atoms with Gasteiger partial charge in [0.15, 0.2) is 0 Å². The molecule has 0 radical (unpaired) electrons. The molecule has 1 aliphatic rings. The quantitative estimate of drug-likeness (QED) is 0.696. The number of aromatic nitrogens is 8. The van der Waals surface area contributed by atoms with Crippen LogP contribution in [0.3, 0.4) is 0 Å². The number of nitrogens with zero attached hydrogens (tertiary/aromatic N) is 8. The molecule has 0 N–H and O–H groups in total. The van der Waals surface area contributed by atoms with Crippen LogP contribution in [0, 0.1) is 13.8 Å². The van der Waals surface area contributed by atoms with Crippen LogP contribution in [-0.2, 0) is 19.5 Å². The van der Waals surface area contributed by atoms with Crippen LogP contribution in [0.15, 0.2) is 12.1 Å². The van der Waals surface area contributed by atoms with E-state index in [9.17, 15) is 0 Å². The summed E-state index contributed by atoms with van der Waals surface area (Å²) in [7, 11) is 0. The molecule has 0 unspecified atom stereocenters. The van der Waals surface area contributed by atoms with E-state index in [0.29, 0.717) is 13.1 Å². The smallest absolute Gasteiger partial charge is 0.148 e. The highest BCUT2D eigenvalue weighted by molar-refractivity contribution is 5.46. The lowest BCUT2D eigenvalue weighted by Crippen LogP contribution is -2.15. The number of rotatable bonds is 4. The van der Waals surface area contributed by atoms with E-state index in [1.54, 1.807) is 9.36 Å². The number of hydrogen-bond donors (Lipinski definition) is 0. The Balaban J connectivity index is 1.72. The molecule has 0 saturated carbocycles. The van der Waals surface area contributed by atoms with Crippen LogP contribution in [0.5, 0.6) is 5.75 Å². The molecule has 124 valence electrons. The van der Waals surface area contributed by atoms with Crippen LogP contribution >= 0.6 is 0 Å². The minimum atomic E-state index is 0.587. The van der Waals surface area contributed by atoms with Gasteiger partial charge in [-0.15, -0.1) is 10.2 Å². The summed E-state index contributed by atoms with van der Waals surface area (Å²) in [5.41, 5.74) is 3.46. The first-order valence-electron chi connectivity index (χ1n) is 7.94. The van der Waals surface area contributed by atoms with Crippen molar-refractivity contribution in [3.05, 3.63) is 40.5 Å². The van der Waals surface area contributed by atoms with Crippen molar-refractivity contribution < 1.29 is 4.74 Å². The second-order valence-electron chi connectivity index (χ2n) is 5.96. The average molecular weight is 326 g/mol. The van der Waals surface area contributed by atoms with E-state index >= 15 is 0 Å². The second kappa shape index (κ2) is 5.99. The van der Waals surface area contributed by atoms with Crippen molar-refractivity contribution in [3.8, 4) is 5.75 Å². The van der Waals surface area contributed by atoms with E-state index < -0.39 is 0 Å². The van der Waals surface area contributed by atoms with Crippen molar-refractivity contribution in [3.63, 3.8) is 0 Å². The normalized spacial score (nSPS) is 13.6. The number of aryl methyl sites for hydroxylation is 3. The lowest BCUT2D eigenvalue weighted by molar-refractivity contribution is 0.284. The maximum absolute atomic E-state index is 5.93. The number of ether oxygens (including phenoxy) is 1. The summed E-state index contributed by atoms with van der Waals surface area (Å²) in [6.45, 7) is 5.76. The highest BCUT2D eigenvalue weighted by Gasteiger charge is 2.18. The van der Waals surface area contributed by atoms with Crippen LogP contribution in [0.2, 0.25) is 0 Å². The third kappa shape index (κ3) is 2.72. The zero-order valence-corrected chi connectivity index (χ0v) is 13.7. The molecule has 0 aliphatic carbocycles. The Morgan fingerprint density at radius 3 is 2.38 bits per heavy atom. The Morgan fingerprint density at radius 2 is 1.71 bits per heavy atom. The minimum absolute atomic E-state index is 0.587. The summed E-state index contributed by atoms with van der Waals surface area (Å²) in [6, 6.07) is 4.32.